The molecule has 0 fully saturated rings. The Balaban J connectivity index is 2.37. The molecule has 0 aliphatic rings. The van der Waals surface area contributed by atoms with E-state index in [1.165, 1.54) is 19.3 Å². The van der Waals surface area contributed by atoms with E-state index in [9.17, 15) is 9.90 Å². The second-order valence-electron chi connectivity index (χ2n) is 3.63. The van der Waals surface area contributed by atoms with E-state index in [2.05, 4.69) is 4.74 Å². The van der Waals surface area contributed by atoms with Crippen LogP contribution in [0.3, 0.4) is 0 Å². The fourth-order valence-corrected chi connectivity index (χ4v) is 1.63. The number of rotatable bonds is 3. The van der Waals surface area contributed by atoms with Gasteiger partial charge in [0.25, 0.3) is 0 Å². The van der Waals surface area contributed by atoms with E-state index in [-0.39, 0.29) is 5.75 Å². The topological polar surface area (TPSA) is 51.1 Å². The van der Waals surface area contributed by atoms with Crippen LogP contribution in [0, 0.1) is 0 Å². The number of ether oxygens (including phenoxy) is 1. The second kappa shape index (κ2) is 5.23. The maximum Gasteiger partial charge on any atom is 0.330 e. The Morgan fingerprint density at radius 3 is 2.72 bits per heavy atom. The fraction of sp³-hybridized carbons (Fsp3) is 0.0714. The lowest BCUT2D eigenvalue weighted by atomic mass is 10.2. The molecule has 1 aromatic heterocycles. The van der Waals surface area contributed by atoms with Gasteiger partial charge in [-0.3, -0.25) is 5.11 Å². The molecule has 0 saturated carbocycles. The lowest BCUT2D eigenvalue weighted by Crippen LogP contribution is -1.97. The molecule has 0 aliphatic heterocycles. The fourth-order valence-electron chi connectivity index (χ4n) is 1.63. The summed E-state index contributed by atoms with van der Waals surface area (Å²) in [7, 11) is 1.32. The van der Waals surface area contributed by atoms with Crippen molar-refractivity contribution >= 4 is 12.0 Å². The molecule has 91 valence electrons. The van der Waals surface area contributed by atoms with E-state index in [1.54, 1.807) is 35.0 Å². The second-order valence-corrected chi connectivity index (χ2v) is 3.63. The van der Waals surface area contributed by atoms with E-state index in [0.717, 1.165) is 5.69 Å². The quantitative estimate of drug-likeness (QED) is 0.613. The van der Waals surface area contributed by atoms with Crippen LogP contribution in [0.5, 0.6) is 5.75 Å². The van der Waals surface area contributed by atoms with Crippen LogP contribution in [-0.4, -0.2) is 17.6 Å². The first-order chi connectivity index (χ1) is 8.72. The zero-order valence-corrected chi connectivity index (χ0v) is 9.87. The first kappa shape index (κ1) is 12.0. The summed E-state index contributed by atoms with van der Waals surface area (Å²) in [5, 5.41) is 11.7. The molecule has 0 saturated heterocycles. The number of benzene rings is 1. The van der Waals surface area contributed by atoms with Gasteiger partial charge in [0.15, 0.2) is 0 Å². The molecule has 4 heteroatoms. The van der Waals surface area contributed by atoms with Crippen molar-refractivity contribution in [2.24, 2.45) is 0 Å². The molecule has 2 rings (SSSR count). The average Bonchev–Trinajstić information content (AvgIpc) is 2.84. The van der Waals surface area contributed by atoms with E-state index in [4.69, 9.17) is 0 Å². The highest BCUT2D eigenvalue weighted by Gasteiger charge is 2.06. The number of methoxy groups -OCH3 is 1. The predicted molar refractivity (Wildman–Crippen MR) is 67.0 cm³/mol. The van der Waals surface area contributed by atoms with E-state index in [0.29, 0.717) is 5.69 Å². The lowest BCUT2D eigenvalue weighted by Gasteiger charge is -2.06. The van der Waals surface area contributed by atoms with Crippen LogP contribution in [0.1, 0.15) is 5.69 Å². The maximum atomic E-state index is 11.7. The third kappa shape index (κ3) is 2.43. The summed E-state index contributed by atoms with van der Waals surface area (Å²) in [5.74, 6) is -0.500. The Morgan fingerprint density at radius 1 is 1.22 bits per heavy atom. The molecule has 1 aromatic carbocycles. The van der Waals surface area contributed by atoms with Crippen molar-refractivity contribution in [3.8, 4) is 11.4 Å². The van der Waals surface area contributed by atoms with Gasteiger partial charge in [-0.1, -0.05) is 12.1 Å². The van der Waals surface area contributed by atoms with E-state index in [1.807, 2.05) is 12.1 Å². The Morgan fingerprint density at radius 2 is 2.00 bits per heavy atom. The van der Waals surface area contributed by atoms with Gasteiger partial charge in [0, 0.05) is 18.0 Å². The van der Waals surface area contributed by atoms with Crippen LogP contribution in [-0.2, 0) is 14.6 Å². The van der Waals surface area contributed by atoms with Crippen LogP contribution in [0.15, 0.2) is 48.7 Å². The lowest BCUT2D eigenvalue weighted by molar-refractivity contribution is -0.134. The smallest absolute Gasteiger partial charge is 0.330 e. The normalized spacial score (nSPS) is 10.7. The van der Waals surface area contributed by atoms with Crippen molar-refractivity contribution in [3.63, 3.8) is 0 Å². The maximum absolute atomic E-state index is 11.7. The molecular formula is C14H12NO3. The van der Waals surface area contributed by atoms with Crippen molar-refractivity contribution in [2.45, 2.75) is 0 Å². The SMILES string of the molecule is COC(=O)/C=C/c1cccn1-c1ccccc1[O]. The van der Waals surface area contributed by atoms with Gasteiger partial charge in [-0.15, -0.1) is 0 Å². The number of hydrogen-bond donors (Lipinski definition) is 0. The predicted octanol–water partition coefficient (Wildman–Crippen LogP) is 2.81. The number of nitrogens with zero attached hydrogens (tertiary/aromatic N) is 1. The zero-order chi connectivity index (χ0) is 13.0. The molecule has 1 radical (unpaired) electrons. The molecule has 0 N–H and O–H groups in total. The first-order valence-electron chi connectivity index (χ1n) is 5.42. The number of hydrogen-bond acceptors (Lipinski definition) is 2. The highest BCUT2D eigenvalue weighted by Crippen LogP contribution is 2.23. The molecule has 0 bridgehead atoms. The van der Waals surface area contributed by atoms with Gasteiger partial charge in [-0.05, 0) is 30.3 Å². The minimum absolute atomic E-state index is 0.0681. The summed E-state index contributed by atoms with van der Waals surface area (Å²) < 4.78 is 6.25. The standard InChI is InChI=1S/C14H12NO3/c1-18-14(17)9-8-11-5-4-10-15(11)12-6-2-3-7-13(12)16/h2-10H,1H3/b9-8+. The molecule has 0 aliphatic carbocycles. The Bertz CT molecular complexity index is 584. The van der Waals surface area contributed by atoms with Gasteiger partial charge in [0.05, 0.1) is 12.8 Å². The molecule has 2 aromatic rings. The molecule has 0 atom stereocenters. The largest absolute Gasteiger partial charge is 0.466 e. The van der Waals surface area contributed by atoms with Crippen molar-refractivity contribution in [3.05, 3.63) is 54.4 Å². The van der Waals surface area contributed by atoms with Gasteiger partial charge in [-0.25, -0.2) is 4.79 Å². The summed E-state index contributed by atoms with van der Waals surface area (Å²) in [4.78, 5) is 11.0. The van der Waals surface area contributed by atoms with Crippen molar-refractivity contribution in [1.82, 2.24) is 4.57 Å². The van der Waals surface area contributed by atoms with Gasteiger partial charge in [-0.2, -0.15) is 0 Å². The van der Waals surface area contributed by atoms with Crippen molar-refractivity contribution in [2.75, 3.05) is 7.11 Å². The van der Waals surface area contributed by atoms with Crippen molar-refractivity contribution < 1.29 is 14.6 Å². The van der Waals surface area contributed by atoms with Gasteiger partial charge < -0.3 is 9.30 Å². The number of carbonyl (C=O) groups excluding carboxylic acids is 1. The number of para-hydroxylation sites is 2. The monoisotopic (exact) mass is 242 g/mol. The minimum Gasteiger partial charge on any atom is -0.466 e. The van der Waals surface area contributed by atoms with Crippen LogP contribution in [0.4, 0.5) is 0 Å². The van der Waals surface area contributed by atoms with Crippen LogP contribution in [0.25, 0.3) is 11.8 Å². The third-order valence-electron chi connectivity index (χ3n) is 2.50. The molecule has 0 amide bonds. The average molecular weight is 242 g/mol. The third-order valence-corrected chi connectivity index (χ3v) is 2.50. The summed E-state index contributed by atoms with van der Waals surface area (Å²) >= 11 is 0. The Labute approximate surface area is 105 Å². The Kier molecular flexibility index (Phi) is 3.48. The first-order valence-corrected chi connectivity index (χ1v) is 5.42. The van der Waals surface area contributed by atoms with Gasteiger partial charge >= 0.3 is 5.97 Å². The van der Waals surface area contributed by atoms with Gasteiger partial charge in [0.2, 0.25) is 5.75 Å². The summed E-state index contributed by atoms with van der Waals surface area (Å²) in [6, 6.07) is 10.3. The summed E-state index contributed by atoms with van der Waals surface area (Å²) in [6.07, 6.45) is 4.70. The van der Waals surface area contributed by atoms with Crippen LogP contribution >= 0.6 is 0 Å². The highest BCUT2D eigenvalue weighted by molar-refractivity contribution is 5.86. The van der Waals surface area contributed by atoms with Crippen molar-refractivity contribution in [1.29, 1.82) is 0 Å². The summed E-state index contributed by atoms with van der Waals surface area (Å²) in [6.45, 7) is 0. The molecule has 4 nitrogen and oxygen atoms in total. The molecular weight excluding hydrogens is 230 g/mol. The Hall–Kier alpha value is -2.49. The number of carbonyl (C=O) groups is 1. The van der Waals surface area contributed by atoms with E-state index < -0.39 is 5.97 Å². The van der Waals surface area contributed by atoms with Crippen LogP contribution in [0.2, 0.25) is 0 Å². The highest BCUT2D eigenvalue weighted by atomic mass is 16.5. The van der Waals surface area contributed by atoms with E-state index >= 15 is 0 Å². The minimum atomic E-state index is -0.432. The molecule has 18 heavy (non-hydrogen) atoms. The number of aromatic nitrogens is 1. The van der Waals surface area contributed by atoms with Crippen LogP contribution < -0.4 is 0 Å². The zero-order valence-electron chi connectivity index (χ0n) is 9.87. The molecule has 1 heterocycles. The molecule has 0 spiro atoms. The molecule has 0 unspecified atom stereocenters. The van der Waals surface area contributed by atoms with Gasteiger partial charge in [0.1, 0.15) is 0 Å². The summed E-state index contributed by atoms with van der Waals surface area (Å²) in [5.41, 5.74) is 1.29. The number of esters is 1.